The number of carbonyl (C=O) groups is 1. The molecule has 0 spiro atoms. The van der Waals surface area contributed by atoms with Gasteiger partial charge in [0, 0.05) is 29.9 Å². The molecule has 0 bridgehead atoms. The van der Waals surface area contributed by atoms with Crippen molar-refractivity contribution in [2.24, 2.45) is 11.7 Å². The van der Waals surface area contributed by atoms with E-state index in [-0.39, 0.29) is 35.0 Å². The number of nitriles is 2. The van der Waals surface area contributed by atoms with Crippen molar-refractivity contribution in [1.82, 2.24) is 19.1 Å². The number of hydrogen-bond donors (Lipinski definition) is 1. The maximum absolute atomic E-state index is 13.6. The Bertz CT molecular complexity index is 2250. The Morgan fingerprint density at radius 3 is 2.49 bits per heavy atom. The van der Waals surface area contributed by atoms with Crippen molar-refractivity contribution >= 4 is 28.0 Å². The number of nitrogens with zero attached hydrogens (tertiary/aromatic N) is 6. The van der Waals surface area contributed by atoms with Gasteiger partial charge in [0.25, 0.3) is 5.91 Å². The third-order valence-electron chi connectivity index (χ3n) is 7.54. The molecule has 11 heteroatoms. The summed E-state index contributed by atoms with van der Waals surface area (Å²) in [5, 5.41) is 19.7. The molecule has 2 aromatic carbocycles. The molecule has 1 amide bonds. The van der Waals surface area contributed by atoms with Crippen LogP contribution in [0.15, 0.2) is 76.2 Å². The van der Waals surface area contributed by atoms with Crippen molar-refractivity contribution in [3.63, 3.8) is 0 Å². The summed E-state index contributed by atoms with van der Waals surface area (Å²) in [4.78, 5) is 35.2. The summed E-state index contributed by atoms with van der Waals surface area (Å²) in [6.45, 7) is 4.43. The van der Waals surface area contributed by atoms with Gasteiger partial charge in [-0.15, -0.1) is 0 Å². The van der Waals surface area contributed by atoms with Gasteiger partial charge in [0.15, 0.2) is 5.58 Å². The standard InChI is InChI=1S/C34H26FN7O3/c1-19(2)11-26-31(32(38)43)29(30-23(14-37)17-41(33(30)40-26)16-20-3-7-24(35)8-4-20)22-6-10-27-28(12-22)45-34(44)42(27)18-25-9-5-21(13-36)15-39-25/h3-10,12,15,17,19H,11,16,18H2,1-2H3,(H2,38,43). The molecule has 10 nitrogen and oxygen atoms in total. The lowest BCUT2D eigenvalue weighted by molar-refractivity contribution is 0.0999. The topological polar surface area (TPSA) is 157 Å². The van der Waals surface area contributed by atoms with Crippen LogP contribution in [0.1, 0.15) is 52.3 Å². The summed E-state index contributed by atoms with van der Waals surface area (Å²) in [6, 6.07) is 18.7. The molecule has 45 heavy (non-hydrogen) atoms. The van der Waals surface area contributed by atoms with Gasteiger partial charge >= 0.3 is 5.76 Å². The van der Waals surface area contributed by atoms with Gasteiger partial charge in [-0.3, -0.25) is 14.3 Å². The minimum Gasteiger partial charge on any atom is -0.408 e. The van der Waals surface area contributed by atoms with Crippen molar-refractivity contribution in [2.45, 2.75) is 33.4 Å². The number of fused-ring (bicyclic) bond motifs is 2. The molecule has 4 heterocycles. The van der Waals surface area contributed by atoms with E-state index in [1.54, 1.807) is 53.2 Å². The molecule has 0 aliphatic heterocycles. The molecule has 6 aromatic rings. The Balaban J connectivity index is 1.56. The Labute approximate surface area is 256 Å². The monoisotopic (exact) mass is 599 g/mol. The van der Waals surface area contributed by atoms with Crippen molar-refractivity contribution in [2.75, 3.05) is 0 Å². The zero-order valence-electron chi connectivity index (χ0n) is 24.4. The zero-order valence-corrected chi connectivity index (χ0v) is 24.4. The predicted octanol–water partition coefficient (Wildman–Crippen LogP) is 5.28. The van der Waals surface area contributed by atoms with Crippen LogP contribution >= 0.6 is 0 Å². The number of primary amides is 1. The largest absolute Gasteiger partial charge is 0.420 e. The van der Waals surface area contributed by atoms with Gasteiger partial charge in [0.05, 0.1) is 40.1 Å². The van der Waals surface area contributed by atoms with Crippen LogP contribution in [-0.4, -0.2) is 25.0 Å². The summed E-state index contributed by atoms with van der Waals surface area (Å²) in [5.74, 6) is -1.53. The summed E-state index contributed by atoms with van der Waals surface area (Å²) < 4.78 is 22.5. The van der Waals surface area contributed by atoms with Gasteiger partial charge in [-0.2, -0.15) is 10.5 Å². The van der Waals surface area contributed by atoms with Gasteiger partial charge in [0.2, 0.25) is 0 Å². The highest BCUT2D eigenvalue weighted by atomic mass is 19.1. The van der Waals surface area contributed by atoms with E-state index in [9.17, 15) is 19.2 Å². The Morgan fingerprint density at radius 2 is 1.84 bits per heavy atom. The number of carbonyl (C=O) groups excluding carboxylic acids is 1. The predicted molar refractivity (Wildman–Crippen MR) is 165 cm³/mol. The minimum absolute atomic E-state index is 0.117. The van der Waals surface area contributed by atoms with Crippen molar-refractivity contribution < 1.29 is 13.6 Å². The molecule has 0 aliphatic rings. The highest BCUT2D eigenvalue weighted by Crippen LogP contribution is 2.38. The molecule has 0 fully saturated rings. The van der Waals surface area contributed by atoms with E-state index in [1.807, 2.05) is 19.9 Å². The lowest BCUT2D eigenvalue weighted by atomic mass is 9.91. The molecule has 2 N–H and O–H groups in total. The second-order valence-corrected chi connectivity index (χ2v) is 11.2. The van der Waals surface area contributed by atoms with Crippen LogP contribution in [0.4, 0.5) is 4.39 Å². The average Bonchev–Trinajstić information content (AvgIpc) is 3.52. The van der Waals surface area contributed by atoms with Gasteiger partial charge in [-0.1, -0.05) is 32.0 Å². The number of halogens is 1. The molecule has 6 rings (SSSR count). The highest BCUT2D eigenvalue weighted by molar-refractivity contribution is 6.11. The summed E-state index contributed by atoms with van der Waals surface area (Å²) >= 11 is 0. The van der Waals surface area contributed by atoms with Crippen molar-refractivity contribution in [3.8, 4) is 23.3 Å². The van der Waals surface area contributed by atoms with Gasteiger partial charge < -0.3 is 14.7 Å². The number of benzene rings is 2. The van der Waals surface area contributed by atoms with E-state index in [2.05, 4.69) is 11.1 Å². The highest BCUT2D eigenvalue weighted by Gasteiger charge is 2.26. The van der Waals surface area contributed by atoms with Crippen molar-refractivity contribution in [3.05, 3.63) is 117 Å². The fourth-order valence-corrected chi connectivity index (χ4v) is 5.56. The van der Waals surface area contributed by atoms with Crippen LogP contribution in [0.3, 0.4) is 0 Å². The first-order chi connectivity index (χ1) is 21.7. The first kappa shape index (κ1) is 29.0. The first-order valence-corrected chi connectivity index (χ1v) is 14.2. The fraction of sp³-hybridized carbons (Fsp3) is 0.176. The lowest BCUT2D eigenvalue weighted by Gasteiger charge is -2.16. The fourth-order valence-electron chi connectivity index (χ4n) is 5.56. The number of aromatic nitrogens is 4. The summed E-state index contributed by atoms with van der Waals surface area (Å²) in [5.41, 5.74) is 10.9. The van der Waals surface area contributed by atoms with E-state index < -0.39 is 11.7 Å². The Hall–Kier alpha value is -6.07. The number of pyridine rings is 2. The van der Waals surface area contributed by atoms with E-state index in [0.29, 0.717) is 57.6 Å². The van der Waals surface area contributed by atoms with Crippen LogP contribution in [0, 0.1) is 34.4 Å². The number of amides is 1. The average molecular weight is 600 g/mol. The number of nitrogens with two attached hydrogens (primary N) is 1. The third kappa shape index (κ3) is 5.43. The Kier molecular flexibility index (Phi) is 7.45. The first-order valence-electron chi connectivity index (χ1n) is 14.2. The quantitative estimate of drug-likeness (QED) is 0.249. The Morgan fingerprint density at radius 1 is 1.07 bits per heavy atom. The molecule has 0 saturated carbocycles. The molecule has 0 atom stereocenters. The van der Waals surface area contributed by atoms with Gasteiger partial charge in [0.1, 0.15) is 23.6 Å². The van der Waals surface area contributed by atoms with Crippen LogP contribution in [0.2, 0.25) is 0 Å². The van der Waals surface area contributed by atoms with Crippen molar-refractivity contribution in [1.29, 1.82) is 10.5 Å². The maximum atomic E-state index is 13.6. The second-order valence-electron chi connectivity index (χ2n) is 11.2. The van der Waals surface area contributed by atoms with Crippen LogP contribution in [0.25, 0.3) is 33.3 Å². The lowest BCUT2D eigenvalue weighted by Crippen LogP contribution is -2.18. The maximum Gasteiger partial charge on any atom is 0.420 e. The number of oxazole rings is 1. The second kappa shape index (κ2) is 11.5. The molecular weight excluding hydrogens is 573 g/mol. The summed E-state index contributed by atoms with van der Waals surface area (Å²) in [6.07, 6.45) is 3.54. The minimum atomic E-state index is -0.698. The van der Waals surface area contributed by atoms with E-state index >= 15 is 0 Å². The number of hydrogen-bond acceptors (Lipinski definition) is 7. The number of rotatable bonds is 8. The molecular formula is C34H26FN7O3. The van der Waals surface area contributed by atoms with E-state index in [1.165, 1.54) is 22.9 Å². The smallest absolute Gasteiger partial charge is 0.408 e. The van der Waals surface area contributed by atoms with Crippen LogP contribution in [-0.2, 0) is 19.5 Å². The third-order valence-corrected chi connectivity index (χ3v) is 7.54. The summed E-state index contributed by atoms with van der Waals surface area (Å²) in [7, 11) is 0. The van der Waals surface area contributed by atoms with Crippen LogP contribution < -0.4 is 11.5 Å². The molecule has 222 valence electrons. The zero-order chi connectivity index (χ0) is 31.8. The molecule has 0 radical (unpaired) electrons. The molecule has 4 aromatic heterocycles. The molecule has 0 unspecified atom stereocenters. The molecule has 0 aliphatic carbocycles. The van der Waals surface area contributed by atoms with E-state index in [4.69, 9.17) is 20.4 Å². The normalized spacial score (nSPS) is 11.2. The van der Waals surface area contributed by atoms with Crippen LogP contribution in [0.5, 0.6) is 0 Å². The van der Waals surface area contributed by atoms with Gasteiger partial charge in [-0.25, -0.2) is 14.2 Å². The SMILES string of the molecule is CC(C)Cc1nc2c(c(C#N)cn2Cc2ccc(F)cc2)c(-c2ccc3c(c2)oc(=O)n3Cc2ccc(C#N)cn2)c1C(N)=O. The van der Waals surface area contributed by atoms with Gasteiger partial charge in [-0.05, 0) is 59.9 Å². The molecule has 0 saturated heterocycles. The van der Waals surface area contributed by atoms with E-state index in [0.717, 1.165) is 5.56 Å².